The summed E-state index contributed by atoms with van der Waals surface area (Å²) in [5, 5.41) is 4.90. The van der Waals surface area contributed by atoms with Crippen LogP contribution in [0, 0.1) is 5.92 Å². The van der Waals surface area contributed by atoms with Gasteiger partial charge in [-0.1, -0.05) is 56.3 Å². The number of carbonyl (C=O) groups is 1. The first kappa shape index (κ1) is 21.4. The summed E-state index contributed by atoms with van der Waals surface area (Å²) in [6.07, 6.45) is 1.88. The summed E-state index contributed by atoms with van der Waals surface area (Å²) >= 11 is 1.45. The van der Waals surface area contributed by atoms with Gasteiger partial charge in [-0.3, -0.25) is 4.79 Å². The van der Waals surface area contributed by atoms with Gasteiger partial charge in [-0.15, -0.1) is 11.8 Å². The van der Waals surface area contributed by atoms with Crippen LogP contribution in [0.15, 0.2) is 70.5 Å². The number of hydrogen-bond donors (Lipinski definition) is 2. The van der Waals surface area contributed by atoms with Crippen LogP contribution in [0.3, 0.4) is 0 Å². The SMILES string of the molecule is CSc1ccc(S(=O)(=O)NCc2cccc3ccccc23)cc1NC(=O)C(C)C. The van der Waals surface area contributed by atoms with Crippen LogP contribution in [0.1, 0.15) is 19.4 Å². The number of hydrogen-bond acceptors (Lipinski definition) is 4. The summed E-state index contributed by atoms with van der Waals surface area (Å²) in [7, 11) is -3.74. The van der Waals surface area contributed by atoms with E-state index in [1.165, 1.54) is 17.8 Å². The summed E-state index contributed by atoms with van der Waals surface area (Å²) in [5.74, 6) is -0.354. The predicted molar refractivity (Wildman–Crippen MR) is 120 cm³/mol. The molecule has 0 atom stereocenters. The Morgan fingerprint density at radius 2 is 1.76 bits per heavy atom. The van der Waals surface area contributed by atoms with E-state index in [2.05, 4.69) is 10.0 Å². The molecule has 0 fully saturated rings. The van der Waals surface area contributed by atoms with E-state index in [0.29, 0.717) is 5.69 Å². The molecular formula is C22H24N2O3S2. The van der Waals surface area contributed by atoms with Gasteiger partial charge in [-0.2, -0.15) is 0 Å². The Labute approximate surface area is 176 Å². The number of sulfonamides is 1. The summed E-state index contributed by atoms with van der Waals surface area (Å²) in [6, 6.07) is 18.5. The second kappa shape index (κ2) is 8.98. The van der Waals surface area contributed by atoms with Crippen molar-refractivity contribution in [2.24, 2.45) is 5.92 Å². The van der Waals surface area contributed by atoms with Gasteiger partial charge < -0.3 is 5.32 Å². The number of carbonyl (C=O) groups excluding carboxylic acids is 1. The molecule has 3 aromatic carbocycles. The third-order valence-corrected chi connectivity index (χ3v) is 6.79. The third-order valence-electron chi connectivity index (χ3n) is 4.60. The van der Waals surface area contributed by atoms with Crippen LogP contribution in [-0.2, 0) is 21.4 Å². The fraction of sp³-hybridized carbons (Fsp3) is 0.227. The van der Waals surface area contributed by atoms with Crippen LogP contribution < -0.4 is 10.0 Å². The van der Waals surface area contributed by atoms with Gasteiger partial charge in [0.15, 0.2) is 0 Å². The van der Waals surface area contributed by atoms with Crippen LogP contribution in [-0.4, -0.2) is 20.6 Å². The Bertz CT molecular complexity index is 1140. The van der Waals surface area contributed by atoms with Gasteiger partial charge in [0.25, 0.3) is 0 Å². The van der Waals surface area contributed by atoms with Crippen LogP contribution in [0.5, 0.6) is 0 Å². The number of nitrogens with one attached hydrogen (secondary N) is 2. The van der Waals surface area contributed by atoms with Crippen molar-refractivity contribution in [1.82, 2.24) is 4.72 Å². The van der Waals surface area contributed by atoms with Crippen molar-refractivity contribution in [2.75, 3.05) is 11.6 Å². The molecule has 0 saturated carbocycles. The average molecular weight is 429 g/mol. The van der Waals surface area contributed by atoms with E-state index in [9.17, 15) is 13.2 Å². The molecule has 0 aliphatic heterocycles. The molecule has 3 aromatic rings. The van der Waals surface area contributed by atoms with Gasteiger partial charge in [0, 0.05) is 17.4 Å². The van der Waals surface area contributed by atoms with E-state index in [-0.39, 0.29) is 23.3 Å². The number of rotatable bonds is 7. The van der Waals surface area contributed by atoms with Crippen molar-refractivity contribution in [1.29, 1.82) is 0 Å². The van der Waals surface area contributed by atoms with E-state index in [1.54, 1.807) is 26.0 Å². The van der Waals surface area contributed by atoms with Crippen molar-refractivity contribution in [3.63, 3.8) is 0 Å². The lowest BCUT2D eigenvalue weighted by atomic mass is 10.1. The van der Waals surface area contributed by atoms with Crippen molar-refractivity contribution in [3.05, 3.63) is 66.2 Å². The lowest BCUT2D eigenvalue weighted by Gasteiger charge is -2.14. The summed E-state index contributed by atoms with van der Waals surface area (Å²) < 4.78 is 28.4. The van der Waals surface area contributed by atoms with E-state index in [1.807, 2.05) is 48.7 Å². The maximum Gasteiger partial charge on any atom is 0.240 e. The fourth-order valence-corrected chi connectivity index (χ4v) is 4.50. The lowest BCUT2D eigenvalue weighted by Crippen LogP contribution is -2.24. The number of fused-ring (bicyclic) bond motifs is 1. The largest absolute Gasteiger partial charge is 0.325 e. The van der Waals surface area contributed by atoms with Crippen molar-refractivity contribution >= 4 is 44.2 Å². The highest BCUT2D eigenvalue weighted by atomic mass is 32.2. The molecule has 0 aliphatic carbocycles. The Kier molecular flexibility index (Phi) is 6.62. The number of anilines is 1. The second-order valence-electron chi connectivity index (χ2n) is 6.97. The van der Waals surface area contributed by atoms with Gasteiger partial charge >= 0.3 is 0 Å². The molecule has 7 heteroatoms. The standard InChI is InChI=1S/C22H24N2O3S2/c1-15(2)22(25)24-20-13-18(11-12-21(20)28-3)29(26,27)23-14-17-9-6-8-16-7-4-5-10-19(16)17/h4-13,15,23H,14H2,1-3H3,(H,24,25). The highest BCUT2D eigenvalue weighted by molar-refractivity contribution is 7.98. The molecule has 152 valence electrons. The first-order valence-electron chi connectivity index (χ1n) is 9.27. The fourth-order valence-electron chi connectivity index (χ4n) is 2.93. The molecule has 1 amide bonds. The van der Waals surface area contributed by atoms with Gasteiger partial charge in [-0.05, 0) is 40.8 Å². The monoisotopic (exact) mass is 428 g/mol. The van der Waals surface area contributed by atoms with Gasteiger partial charge in [-0.25, -0.2) is 13.1 Å². The summed E-state index contributed by atoms with van der Waals surface area (Å²) in [5.41, 5.74) is 1.41. The molecule has 0 spiro atoms. The topological polar surface area (TPSA) is 75.3 Å². The molecule has 0 unspecified atom stereocenters. The zero-order chi connectivity index (χ0) is 21.0. The van der Waals surface area contributed by atoms with E-state index < -0.39 is 10.0 Å². The number of benzene rings is 3. The van der Waals surface area contributed by atoms with Gasteiger partial charge in [0.05, 0.1) is 10.6 Å². The minimum absolute atomic E-state index is 0.120. The summed E-state index contributed by atoms with van der Waals surface area (Å²) in [4.78, 5) is 13.0. The molecule has 0 heterocycles. The molecule has 0 saturated heterocycles. The van der Waals surface area contributed by atoms with E-state index in [0.717, 1.165) is 21.2 Å². The molecule has 29 heavy (non-hydrogen) atoms. The van der Waals surface area contributed by atoms with Crippen molar-refractivity contribution < 1.29 is 13.2 Å². The Morgan fingerprint density at radius 3 is 2.48 bits per heavy atom. The predicted octanol–water partition coefficient (Wildman–Crippen LogP) is 4.63. The van der Waals surface area contributed by atoms with Crippen LogP contribution in [0.2, 0.25) is 0 Å². The molecule has 0 aromatic heterocycles. The zero-order valence-corrected chi connectivity index (χ0v) is 18.2. The average Bonchev–Trinajstić information content (AvgIpc) is 2.72. The number of amides is 1. The summed E-state index contributed by atoms with van der Waals surface area (Å²) in [6.45, 7) is 3.77. The molecule has 0 bridgehead atoms. The van der Waals surface area contributed by atoms with Gasteiger partial charge in [0.1, 0.15) is 0 Å². The van der Waals surface area contributed by atoms with E-state index in [4.69, 9.17) is 0 Å². The van der Waals surface area contributed by atoms with Crippen molar-refractivity contribution in [2.45, 2.75) is 30.2 Å². The quantitative estimate of drug-likeness (QED) is 0.538. The molecule has 5 nitrogen and oxygen atoms in total. The molecule has 0 aliphatic rings. The van der Waals surface area contributed by atoms with Crippen LogP contribution in [0.25, 0.3) is 10.8 Å². The first-order valence-corrected chi connectivity index (χ1v) is 12.0. The smallest absolute Gasteiger partial charge is 0.240 e. The normalized spacial score (nSPS) is 11.7. The highest BCUT2D eigenvalue weighted by Crippen LogP contribution is 2.29. The minimum Gasteiger partial charge on any atom is -0.325 e. The lowest BCUT2D eigenvalue weighted by molar-refractivity contribution is -0.118. The van der Waals surface area contributed by atoms with Crippen molar-refractivity contribution in [3.8, 4) is 0 Å². The number of thioether (sulfide) groups is 1. The van der Waals surface area contributed by atoms with Gasteiger partial charge in [0.2, 0.25) is 15.9 Å². The maximum absolute atomic E-state index is 12.9. The van der Waals surface area contributed by atoms with E-state index >= 15 is 0 Å². The molecule has 2 N–H and O–H groups in total. The zero-order valence-electron chi connectivity index (χ0n) is 16.6. The molecular weight excluding hydrogens is 404 g/mol. The van der Waals surface area contributed by atoms with Crippen LogP contribution in [0.4, 0.5) is 5.69 Å². The maximum atomic E-state index is 12.9. The third kappa shape index (κ3) is 4.98. The first-order chi connectivity index (χ1) is 13.8. The molecule has 0 radical (unpaired) electrons. The highest BCUT2D eigenvalue weighted by Gasteiger charge is 2.18. The van der Waals surface area contributed by atoms with Crippen LogP contribution >= 0.6 is 11.8 Å². The Balaban J connectivity index is 1.86. The Hall–Kier alpha value is -2.35. The second-order valence-corrected chi connectivity index (χ2v) is 9.58. The minimum atomic E-state index is -3.74. The Morgan fingerprint density at radius 1 is 1.03 bits per heavy atom. The molecule has 3 rings (SSSR count).